The van der Waals surface area contributed by atoms with Crippen LogP contribution >= 0.6 is 0 Å². The average Bonchev–Trinajstić information content (AvgIpc) is 2.28. The van der Waals surface area contributed by atoms with Gasteiger partial charge in [-0.15, -0.1) is 6.58 Å². The van der Waals surface area contributed by atoms with Gasteiger partial charge in [0.25, 0.3) is 0 Å². The van der Waals surface area contributed by atoms with Crippen molar-refractivity contribution in [3.63, 3.8) is 0 Å². The lowest BCUT2D eigenvalue weighted by molar-refractivity contribution is -0.271. The van der Waals surface area contributed by atoms with Crippen molar-refractivity contribution in [3.8, 4) is 0 Å². The fourth-order valence-electron chi connectivity index (χ4n) is 1.57. The highest BCUT2D eigenvalue weighted by Crippen LogP contribution is 2.20. The van der Waals surface area contributed by atoms with Gasteiger partial charge < -0.3 is 5.11 Å². The predicted octanol–water partition coefficient (Wildman–Crippen LogP) is 3.04. The molecule has 0 aromatic rings. The summed E-state index contributed by atoms with van der Waals surface area (Å²) in [6, 6.07) is 0. The minimum Gasteiger partial charge on any atom is -0.386 e. The van der Waals surface area contributed by atoms with Gasteiger partial charge in [0.15, 0.2) is 5.78 Å². The van der Waals surface area contributed by atoms with Crippen molar-refractivity contribution >= 4 is 5.78 Å². The Bertz CT molecular complexity index is 362. The fourth-order valence-corrected chi connectivity index (χ4v) is 1.57. The van der Waals surface area contributed by atoms with Crippen LogP contribution in [0.5, 0.6) is 0 Å². The molecule has 0 aliphatic carbocycles. The quantitative estimate of drug-likeness (QED) is 0.292. The van der Waals surface area contributed by atoms with Crippen LogP contribution in [0.25, 0.3) is 0 Å². The molecule has 0 aliphatic rings. The summed E-state index contributed by atoms with van der Waals surface area (Å²) in [6.07, 6.45) is 3.12. The Balaban J connectivity index is 4.45. The molecule has 19 heavy (non-hydrogen) atoms. The topological polar surface area (TPSA) is 66.8 Å². The largest absolute Gasteiger partial charge is 0.386 e. The first-order chi connectivity index (χ1) is 8.71. The Hall–Kier alpha value is -1.23. The number of carbonyl (C=O) groups excluding carboxylic acids is 1. The van der Waals surface area contributed by atoms with Crippen LogP contribution in [0.15, 0.2) is 36.5 Å². The lowest BCUT2D eigenvalue weighted by Gasteiger charge is -2.22. The van der Waals surface area contributed by atoms with Crippen LogP contribution in [0.4, 0.5) is 0 Å². The Morgan fingerprint density at radius 3 is 2.47 bits per heavy atom. The zero-order valence-electron chi connectivity index (χ0n) is 12.0. The van der Waals surface area contributed by atoms with Gasteiger partial charge in [0.1, 0.15) is 6.10 Å². The van der Waals surface area contributed by atoms with E-state index in [4.69, 9.17) is 5.26 Å². The van der Waals surface area contributed by atoms with Gasteiger partial charge in [-0.25, -0.2) is 4.89 Å². The van der Waals surface area contributed by atoms with Gasteiger partial charge in [-0.2, -0.15) is 0 Å². The number of allylic oxidation sites excluding steroid dienone is 2. The van der Waals surface area contributed by atoms with Crippen molar-refractivity contribution in [1.29, 1.82) is 0 Å². The van der Waals surface area contributed by atoms with Gasteiger partial charge in [-0.05, 0) is 45.3 Å². The van der Waals surface area contributed by atoms with E-state index in [9.17, 15) is 9.90 Å². The second-order valence-corrected chi connectivity index (χ2v) is 5.22. The highest BCUT2D eigenvalue weighted by Gasteiger charge is 2.21. The highest BCUT2D eigenvalue weighted by molar-refractivity contribution is 5.91. The van der Waals surface area contributed by atoms with E-state index in [2.05, 4.69) is 18.0 Å². The van der Waals surface area contributed by atoms with Crippen LogP contribution in [0.1, 0.15) is 40.0 Å². The molecule has 2 atom stereocenters. The maximum absolute atomic E-state index is 11.6. The van der Waals surface area contributed by atoms with Crippen LogP contribution < -0.4 is 0 Å². The van der Waals surface area contributed by atoms with Crippen molar-refractivity contribution in [1.82, 2.24) is 0 Å². The van der Waals surface area contributed by atoms with Crippen LogP contribution in [0.3, 0.4) is 0 Å². The molecule has 0 spiro atoms. The molecular weight excluding hydrogens is 244 g/mol. The number of ketones is 1. The molecule has 0 fully saturated rings. The van der Waals surface area contributed by atoms with E-state index < -0.39 is 11.7 Å². The lowest BCUT2D eigenvalue weighted by atomic mass is 9.94. The van der Waals surface area contributed by atoms with Crippen molar-refractivity contribution in [2.45, 2.75) is 51.7 Å². The molecule has 0 saturated carbocycles. The molecular formula is C15H24O4. The molecule has 108 valence electrons. The number of aliphatic hydroxyl groups is 1. The van der Waals surface area contributed by atoms with Crippen molar-refractivity contribution in [3.05, 3.63) is 36.5 Å². The first-order valence-electron chi connectivity index (χ1n) is 6.23. The van der Waals surface area contributed by atoms with Crippen LogP contribution in [-0.4, -0.2) is 27.9 Å². The summed E-state index contributed by atoms with van der Waals surface area (Å²) < 4.78 is 0. The third kappa shape index (κ3) is 7.72. The Morgan fingerprint density at radius 1 is 1.47 bits per heavy atom. The van der Waals surface area contributed by atoms with E-state index in [-0.39, 0.29) is 12.2 Å². The third-order valence-electron chi connectivity index (χ3n) is 2.79. The van der Waals surface area contributed by atoms with Gasteiger partial charge in [-0.3, -0.25) is 10.1 Å². The van der Waals surface area contributed by atoms with E-state index in [0.29, 0.717) is 18.4 Å². The normalized spacial score (nSPS) is 15.2. The zero-order valence-corrected chi connectivity index (χ0v) is 12.0. The molecule has 2 N–H and O–H groups in total. The molecule has 0 aromatic heterocycles. The lowest BCUT2D eigenvalue weighted by Crippen LogP contribution is -2.25. The monoisotopic (exact) mass is 268 g/mol. The Kier molecular flexibility index (Phi) is 7.52. The summed E-state index contributed by atoms with van der Waals surface area (Å²) in [5.41, 5.74) is 0.375. The summed E-state index contributed by atoms with van der Waals surface area (Å²) in [4.78, 5) is 15.9. The summed E-state index contributed by atoms with van der Waals surface area (Å²) >= 11 is 0. The van der Waals surface area contributed by atoms with Gasteiger partial charge in [0, 0.05) is 6.42 Å². The number of rotatable bonds is 9. The van der Waals surface area contributed by atoms with Crippen molar-refractivity contribution in [2.75, 3.05) is 0 Å². The third-order valence-corrected chi connectivity index (χ3v) is 2.79. The van der Waals surface area contributed by atoms with Crippen molar-refractivity contribution < 1.29 is 20.0 Å². The molecule has 0 bridgehead atoms. The zero-order chi connectivity index (χ0) is 15.1. The molecule has 0 amide bonds. The number of hydrogen-bond donors (Lipinski definition) is 2. The second-order valence-electron chi connectivity index (χ2n) is 5.22. The maximum atomic E-state index is 11.6. The van der Waals surface area contributed by atoms with E-state index in [1.807, 2.05) is 13.8 Å². The molecule has 4 heteroatoms. The summed E-state index contributed by atoms with van der Waals surface area (Å²) in [5.74, 6) is -0.0810. The van der Waals surface area contributed by atoms with Crippen LogP contribution in [0.2, 0.25) is 0 Å². The molecule has 4 nitrogen and oxygen atoms in total. The molecule has 0 aliphatic heterocycles. The maximum Gasteiger partial charge on any atom is 0.159 e. The van der Waals surface area contributed by atoms with Gasteiger partial charge in [0.2, 0.25) is 0 Å². The molecule has 0 heterocycles. The number of carbonyl (C=O) groups is 1. The number of hydrogen-bond acceptors (Lipinski definition) is 4. The van der Waals surface area contributed by atoms with Gasteiger partial charge in [0.05, 0.1) is 5.60 Å². The highest BCUT2D eigenvalue weighted by atomic mass is 17.1. The standard InChI is InChI=1S/C15H24O4/c1-6-15(5,17)8-7-14(19-18)12(4)10-13(16)9-11(2)3/h6,9,14,17-18H,1,4,7-8,10H2,2-3,5H3. The summed E-state index contributed by atoms with van der Waals surface area (Å²) in [6.45, 7) is 12.6. The van der Waals surface area contributed by atoms with Crippen LogP contribution in [-0.2, 0) is 9.68 Å². The Labute approximate surface area is 115 Å². The van der Waals surface area contributed by atoms with E-state index in [1.54, 1.807) is 6.92 Å². The van der Waals surface area contributed by atoms with Crippen LogP contribution in [0, 0.1) is 0 Å². The van der Waals surface area contributed by atoms with Gasteiger partial charge >= 0.3 is 0 Å². The predicted molar refractivity (Wildman–Crippen MR) is 75.8 cm³/mol. The molecule has 0 aromatic carbocycles. The van der Waals surface area contributed by atoms with E-state index in [1.165, 1.54) is 12.2 Å². The molecule has 0 saturated heterocycles. The first kappa shape index (κ1) is 17.8. The second kappa shape index (κ2) is 8.04. The molecule has 0 rings (SSSR count). The summed E-state index contributed by atoms with van der Waals surface area (Å²) in [7, 11) is 0. The molecule has 2 unspecified atom stereocenters. The molecule has 0 radical (unpaired) electrons. The van der Waals surface area contributed by atoms with E-state index >= 15 is 0 Å². The first-order valence-corrected chi connectivity index (χ1v) is 6.23. The SMILES string of the molecule is C=CC(C)(O)CCC(OO)C(=C)CC(=O)C=C(C)C. The van der Waals surface area contributed by atoms with E-state index in [0.717, 1.165) is 5.57 Å². The minimum atomic E-state index is -1.03. The van der Waals surface area contributed by atoms with Crippen molar-refractivity contribution in [2.24, 2.45) is 0 Å². The smallest absolute Gasteiger partial charge is 0.159 e. The van der Waals surface area contributed by atoms with Gasteiger partial charge in [-0.1, -0.05) is 18.2 Å². The average molecular weight is 268 g/mol. The summed E-state index contributed by atoms with van der Waals surface area (Å²) in [5, 5.41) is 18.7. The Morgan fingerprint density at radius 2 is 2.05 bits per heavy atom. The fraction of sp³-hybridized carbons (Fsp3) is 0.533. The minimum absolute atomic E-state index is 0.0810.